The molecular formula is C18H16F3N5O2. The smallest absolute Gasteiger partial charge is 0.335 e. The summed E-state index contributed by atoms with van der Waals surface area (Å²) in [7, 11) is 0. The molecule has 0 spiro atoms. The van der Waals surface area contributed by atoms with E-state index in [0.717, 1.165) is 0 Å². The van der Waals surface area contributed by atoms with Gasteiger partial charge in [-0.15, -0.1) is 0 Å². The summed E-state index contributed by atoms with van der Waals surface area (Å²) in [5, 5.41) is 11.5. The molecule has 1 aromatic heterocycles. The van der Waals surface area contributed by atoms with Crippen molar-refractivity contribution in [2.24, 2.45) is 11.8 Å². The molecular weight excluding hydrogens is 375 g/mol. The summed E-state index contributed by atoms with van der Waals surface area (Å²) >= 11 is 0. The average molecular weight is 391 g/mol. The van der Waals surface area contributed by atoms with E-state index in [0.29, 0.717) is 12.5 Å². The maximum absolute atomic E-state index is 13.7. The number of nitrogens with zero attached hydrogens (tertiary/aromatic N) is 3. The summed E-state index contributed by atoms with van der Waals surface area (Å²) in [6.07, 6.45) is -1.84. The molecule has 2 aliphatic heterocycles. The number of aromatic nitrogens is 2. The van der Waals surface area contributed by atoms with Gasteiger partial charge in [0.05, 0.1) is 17.1 Å². The largest absolute Gasteiger partial charge is 0.407 e. The number of rotatable bonds is 5. The molecule has 4 aliphatic rings. The number of amides is 1. The SMILES string of the molecule is O=C(NO)c1cnc(N2CC3C4C2C34NC(c2ccccc2)C(F)(F)F)nc1. The number of piperidine rings is 1. The number of hydroxylamine groups is 1. The van der Waals surface area contributed by atoms with Crippen LogP contribution >= 0.6 is 0 Å². The van der Waals surface area contributed by atoms with Gasteiger partial charge < -0.3 is 4.90 Å². The van der Waals surface area contributed by atoms with Crippen LogP contribution in [0.2, 0.25) is 0 Å². The van der Waals surface area contributed by atoms with Crippen molar-refractivity contribution in [1.29, 1.82) is 0 Å². The number of hydrogen-bond donors (Lipinski definition) is 3. The lowest BCUT2D eigenvalue weighted by Gasteiger charge is -2.25. The highest BCUT2D eigenvalue weighted by Crippen LogP contribution is 2.79. The molecule has 3 N–H and O–H groups in total. The first-order chi connectivity index (χ1) is 13.4. The Morgan fingerprint density at radius 2 is 1.93 bits per heavy atom. The molecule has 2 saturated carbocycles. The number of anilines is 1. The fourth-order valence-corrected chi connectivity index (χ4v) is 4.69. The predicted octanol–water partition coefficient (Wildman–Crippen LogP) is 1.68. The van der Waals surface area contributed by atoms with Gasteiger partial charge in [0, 0.05) is 30.8 Å². The molecule has 2 saturated heterocycles. The van der Waals surface area contributed by atoms with Crippen LogP contribution in [0.15, 0.2) is 42.7 Å². The molecule has 5 unspecified atom stereocenters. The van der Waals surface area contributed by atoms with Crippen molar-refractivity contribution in [2.75, 3.05) is 11.4 Å². The van der Waals surface area contributed by atoms with Crippen LogP contribution in [-0.4, -0.2) is 45.4 Å². The molecule has 2 aliphatic carbocycles. The number of benzene rings is 1. The predicted molar refractivity (Wildman–Crippen MR) is 90.5 cm³/mol. The standard InChI is InChI=1S/C18H16F3N5O2/c19-18(20,21)13(9-4-2-1-3-5-9)24-17-11-8-26(14(17)12(11)17)16-22-6-10(7-23-16)15(27)25-28/h1-7,11-14,24,28H,8H2,(H,25,27). The first kappa shape index (κ1) is 17.4. The van der Waals surface area contributed by atoms with Crippen LogP contribution in [0.3, 0.4) is 0 Å². The first-order valence-electron chi connectivity index (χ1n) is 8.80. The van der Waals surface area contributed by atoms with Crippen LogP contribution in [0.4, 0.5) is 19.1 Å². The summed E-state index contributed by atoms with van der Waals surface area (Å²) in [6, 6.07) is 6.05. The van der Waals surface area contributed by atoms with Crippen LogP contribution < -0.4 is 15.7 Å². The third-order valence-corrected chi connectivity index (χ3v) is 6.05. The fourth-order valence-electron chi connectivity index (χ4n) is 4.69. The minimum Gasteiger partial charge on any atom is -0.335 e. The number of carbonyl (C=O) groups is 1. The van der Waals surface area contributed by atoms with Crippen LogP contribution in [0, 0.1) is 11.8 Å². The van der Waals surface area contributed by atoms with Crippen molar-refractivity contribution in [2.45, 2.75) is 23.8 Å². The quantitative estimate of drug-likeness (QED) is 0.531. The molecule has 4 fully saturated rings. The van der Waals surface area contributed by atoms with Gasteiger partial charge in [0.2, 0.25) is 5.95 Å². The van der Waals surface area contributed by atoms with Gasteiger partial charge >= 0.3 is 6.18 Å². The van der Waals surface area contributed by atoms with Crippen molar-refractivity contribution in [3.05, 3.63) is 53.9 Å². The highest BCUT2D eigenvalue weighted by atomic mass is 19.4. The van der Waals surface area contributed by atoms with Gasteiger partial charge in [0.25, 0.3) is 5.91 Å². The zero-order valence-electron chi connectivity index (χ0n) is 14.4. The van der Waals surface area contributed by atoms with Gasteiger partial charge in [0.1, 0.15) is 6.04 Å². The van der Waals surface area contributed by atoms with Gasteiger partial charge in [-0.25, -0.2) is 15.4 Å². The topological polar surface area (TPSA) is 90.4 Å². The average Bonchev–Trinajstić information content (AvgIpc) is 3.39. The number of nitrogens with one attached hydrogen (secondary N) is 2. The Labute approximate surface area is 157 Å². The normalized spacial score (nSPS) is 30.6. The third kappa shape index (κ3) is 2.34. The van der Waals surface area contributed by atoms with E-state index >= 15 is 0 Å². The summed E-state index contributed by atoms with van der Waals surface area (Å²) in [5.74, 6) is -0.0616. The van der Waals surface area contributed by atoms with Gasteiger partial charge in [-0.1, -0.05) is 30.3 Å². The van der Waals surface area contributed by atoms with E-state index in [1.807, 2.05) is 4.90 Å². The Balaban J connectivity index is 1.34. The molecule has 3 heterocycles. The second-order valence-corrected chi connectivity index (χ2v) is 7.40. The maximum Gasteiger partial charge on any atom is 0.407 e. The Morgan fingerprint density at radius 1 is 1.25 bits per heavy atom. The lowest BCUT2D eigenvalue weighted by atomic mass is 10.0. The van der Waals surface area contributed by atoms with E-state index in [4.69, 9.17) is 5.21 Å². The van der Waals surface area contributed by atoms with E-state index in [1.165, 1.54) is 30.0 Å². The molecule has 2 aromatic rings. The molecule has 6 rings (SSSR count). The van der Waals surface area contributed by atoms with Crippen molar-refractivity contribution < 1.29 is 23.2 Å². The highest BCUT2D eigenvalue weighted by molar-refractivity contribution is 5.92. The molecule has 7 nitrogen and oxygen atoms in total. The molecule has 10 heteroatoms. The molecule has 1 amide bonds. The number of carbonyl (C=O) groups excluding carboxylic acids is 1. The monoisotopic (exact) mass is 391 g/mol. The number of halogens is 3. The van der Waals surface area contributed by atoms with E-state index in [-0.39, 0.29) is 29.0 Å². The van der Waals surface area contributed by atoms with Crippen LogP contribution in [0.1, 0.15) is 22.0 Å². The highest BCUT2D eigenvalue weighted by Gasteiger charge is 2.93. The summed E-state index contributed by atoms with van der Waals surface area (Å²) < 4.78 is 41.0. The Morgan fingerprint density at radius 3 is 2.50 bits per heavy atom. The van der Waals surface area contributed by atoms with Crippen LogP contribution in [0.25, 0.3) is 0 Å². The van der Waals surface area contributed by atoms with Crippen molar-refractivity contribution in [1.82, 2.24) is 20.8 Å². The van der Waals surface area contributed by atoms with Crippen molar-refractivity contribution in [3.63, 3.8) is 0 Å². The number of alkyl halides is 3. The fraction of sp³-hybridized carbons (Fsp3) is 0.389. The molecule has 5 atom stereocenters. The Kier molecular flexibility index (Phi) is 3.50. The number of fused-ring (bicyclic) bond motifs is 1. The lowest BCUT2D eigenvalue weighted by Crippen LogP contribution is -2.42. The second kappa shape index (κ2) is 5.65. The van der Waals surface area contributed by atoms with Crippen molar-refractivity contribution >= 4 is 11.9 Å². The third-order valence-electron chi connectivity index (χ3n) is 6.05. The zero-order valence-corrected chi connectivity index (χ0v) is 14.4. The first-order valence-corrected chi connectivity index (χ1v) is 8.80. The molecule has 28 heavy (non-hydrogen) atoms. The lowest BCUT2D eigenvalue weighted by molar-refractivity contribution is -0.159. The molecule has 1 aromatic carbocycles. The van der Waals surface area contributed by atoms with Crippen molar-refractivity contribution in [3.8, 4) is 0 Å². The van der Waals surface area contributed by atoms with Crippen LogP contribution in [0.5, 0.6) is 0 Å². The van der Waals surface area contributed by atoms with Gasteiger partial charge in [-0.2, -0.15) is 13.2 Å². The van der Waals surface area contributed by atoms with E-state index in [1.54, 1.807) is 18.2 Å². The van der Waals surface area contributed by atoms with Gasteiger partial charge in [0.15, 0.2) is 0 Å². The van der Waals surface area contributed by atoms with E-state index < -0.39 is 23.7 Å². The van der Waals surface area contributed by atoms with Crippen LogP contribution in [-0.2, 0) is 0 Å². The summed E-state index contributed by atoms with van der Waals surface area (Å²) in [4.78, 5) is 21.5. The maximum atomic E-state index is 13.7. The molecule has 146 valence electrons. The van der Waals surface area contributed by atoms with E-state index in [9.17, 15) is 18.0 Å². The Bertz CT molecular complexity index is 917. The second-order valence-electron chi connectivity index (χ2n) is 7.40. The zero-order chi connectivity index (χ0) is 19.7. The minimum atomic E-state index is -4.40. The Hall–Kier alpha value is -2.72. The van der Waals surface area contributed by atoms with Gasteiger partial charge in [-0.05, 0) is 5.56 Å². The summed E-state index contributed by atoms with van der Waals surface area (Å²) in [5.41, 5.74) is 1.24. The number of hydrogen-bond acceptors (Lipinski definition) is 6. The molecule has 2 bridgehead atoms. The van der Waals surface area contributed by atoms with E-state index in [2.05, 4.69) is 15.3 Å². The molecule has 0 radical (unpaired) electrons. The summed E-state index contributed by atoms with van der Waals surface area (Å²) in [6.45, 7) is 0.577. The minimum absolute atomic E-state index is 0.0800. The van der Waals surface area contributed by atoms with Gasteiger partial charge in [-0.3, -0.25) is 15.3 Å².